The minimum atomic E-state index is -3.75. The van der Waals surface area contributed by atoms with E-state index in [9.17, 15) is 13.2 Å². The molecule has 0 radical (unpaired) electrons. The highest BCUT2D eigenvalue weighted by Gasteiger charge is 2.39. The molecule has 4 aromatic rings. The Morgan fingerprint density at radius 1 is 0.886 bits per heavy atom. The lowest BCUT2D eigenvalue weighted by Gasteiger charge is -2.27. The number of rotatable bonds is 10. The minimum Gasteiger partial charge on any atom is -0.361 e. The van der Waals surface area contributed by atoms with Crippen LogP contribution in [0.3, 0.4) is 0 Å². The summed E-state index contributed by atoms with van der Waals surface area (Å²) in [6, 6.07) is 26.2. The van der Waals surface area contributed by atoms with E-state index in [-0.39, 0.29) is 23.4 Å². The van der Waals surface area contributed by atoms with Crippen LogP contribution < -0.4 is 0 Å². The summed E-state index contributed by atoms with van der Waals surface area (Å²) in [5, 5.41) is 1.14. The van der Waals surface area contributed by atoms with Gasteiger partial charge in [0.1, 0.15) is 0 Å². The predicted molar refractivity (Wildman–Crippen MR) is 137 cm³/mol. The van der Waals surface area contributed by atoms with Crippen LogP contribution >= 0.6 is 0 Å². The Morgan fingerprint density at radius 3 is 2.26 bits per heavy atom. The lowest BCUT2D eigenvalue weighted by atomic mass is 10.1. The van der Waals surface area contributed by atoms with Gasteiger partial charge in [0.05, 0.1) is 11.4 Å². The van der Waals surface area contributed by atoms with Gasteiger partial charge in [0.2, 0.25) is 15.9 Å². The molecule has 0 aliphatic heterocycles. The second kappa shape index (κ2) is 10.1. The maximum atomic E-state index is 13.6. The van der Waals surface area contributed by atoms with Crippen LogP contribution in [0.2, 0.25) is 0 Å². The zero-order valence-electron chi connectivity index (χ0n) is 19.5. The van der Waals surface area contributed by atoms with Crippen molar-refractivity contribution in [3.05, 3.63) is 102 Å². The van der Waals surface area contributed by atoms with Crippen molar-refractivity contribution in [3.63, 3.8) is 0 Å². The summed E-state index contributed by atoms with van der Waals surface area (Å²) >= 11 is 0. The maximum Gasteiger partial charge on any atom is 0.243 e. The summed E-state index contributed by atoms with van der Waals surface area (Å²) in [5.74, 6) is -0.180. The first-order valence-electron chi connectivity index (χ1n) is 12.0. The van der Waals surface area contributed by atoms with Gasteiger partial charge in [-0.2, -0.15) is 4.31 Å². The highest BCUT2D eigenvalue weighted by Crippen LogP contribution is 2.32. The third-order valence-corrected chi connectivity index (χ3v) is 8.40. The molecule has 3 aromatic carbocycles. The first-order valence-corrected chi connectivity index (χ1v) is 13.4. The standard InChI is InChI=1S/C28H29N3O3S/c32-28(21-31(24-15-16-24)35(33,34)25-11-5-2-6-12-25)30(20-22-9-3-1-4-10-22)18-17-23-19-29-27-14-8-7-13-26(23)27/h1-14,19,24,29H,15-18,20-21H2. The second-order valence-electron chi connectivity index (χ2n) is 9.00. The molecule has 180 valence electrons. The van der Waals surface area contributed by atoms with E-state index in [1.54, 1.807) is 35.2 Å². The number of nitrogens with zero attached hydrogens (tertiary/aromatic N) is 2. The zero-order chi connectivity index (χ0) is 24.3. The highest BCUT2D eigenvalue weighted by molar-refractivity contribution is 7.89. The maximum absolute atomic E-state index is 13.6. The molecule has 1 N–H and O–H groups in total. The number of hydrogen-bond acceptors (Lipinski definition) is 3. The van der Waals surface area contributed by atoms with Gasteiger partial charge < -0.3 is 9.88 Å². The number of para-hydroxylation sites is 1. The van der Waals surface area contributed by atoms with Gasteiger partial charge in [-0.1, -0.05) is 66.7 Å². The highest BCUT2D eigenvalue weighted by atomic mass is 32.2. The number of benzene rings is 3. The zero-order valence-corrected chi connectivity index (χ0v) is 20.3. The van der Waals surface area contributed by atoms with Gasteiger partial charge in [0.25, 0.3) is 0 Å². The number of aromatic nitrogens is 1. The van der Waals surface area contributed by atoms with E-state index in [1.807, 2.05) is 54.7 Å². The number of nitrogens with one attached hydrogen (secondary N) is 1. The number of sulfonamides is 1. The molecule has 0 unspecified atom stereocenters. The molecule has 35 heavy (non-hydrogen) atoms. The largest absolute Gasteiger partial charge is 0.361 e. The Bertz CT molecular complexity index is 1400. The van der Waals surface area contributed by atoms with Crippen LogP contribution in [0.5, 0.6) is 0 Å². The number of carbonyl (C=O) groups excluding carboxylic acids is 1. The first-order chi connectivity index (χ1) is 17.0. The quantitative estimate of drug-likeness (QED) is 0.356. The smallest absolute Gasteiger partial charge is 0.243 e. The molecule has 6 nitrogen and oxygen atoms in total. The van der Waals surface area contributed by atoms with Crippen molar-refractivity contribution >= 4 is 26.8 Å². The van der Waals surface area contributed by atoms with Gasteiger partial charge in [-0.05, 0) is 48.6 Å². The number of fused-ring (bicyclic) bond motifs is 1. The third kappa shape index (κ3) is 5.31. The Labute approximate surface area is 206 Å². The molecule has 5 rings (SSSR count). The van der Waals surface area contributed by atoms with E-state index in [0.29, 0.717) is 19.5 Å². The molecule has 0 bridgehead atoms. The molecule has 1 aromatic heterocycles. The molecular weight excluding hydrogens is 458 g/mol. The van der Waals surface area contributed by atoms with Crippen LogP contribution in [-0.2, 0) is 27.8 Å². The Hall–Kier alpha value is -3.42. The van der Waals surface area contributed by atoms with Gasteiger partial charge >= 0.3 is 0 Å². The van der Waals surface area contributed by atoms with Crippen LogP contribution in [0, 0.1) is 0 Å². The molecule has 1 aliphatic rings. The summed E-state index contributed by atoms with van der Waals surface area (Å²) < 4.78 is 28.1. The van der Waals surface area contributed by atoms with E-state index in [4.69, 9.17) is 0 Å². The van der Waals surface area contributed by atoms with Crippen molar-refractivity contribution in [2.75, 3.05) is 13.1 Å². The van der Waals surface area contributed by atoms with Crippen LogP contribution in [0.4, 0.5) is 0 Å². The average molecular weight is 488 g/mol. The number of H-pyrrole nitrogens is 1. The van der Waals surface area contributed by atoms with Gasteiger partial charge in [0, 0.05) is 36.2 Å². The first kappa shape index (κ1) is 23.3. The van der Waals surface area contributed by atoms with E-state index < -0.39 is 10.0 Å². The van der Waals surface area contributed by atoms with Crippen molar-refractivity contribution in [2.24, 2.45) is 0 Å². The molecule has 1 saturated carbocycles. The molecule has 0 spiro atoms. The van der Waals surface area contributed by atoms with Crippen molar-refractivity contribution in [1.29, 1.82) is 0 Å². The SMILES string of the molecule is O=C(CN(C1CC1)S(=O)(=O)c1ccccc1)N(CCc1c[nH]c2ccccc12)Cc1ccccc1. The number of carbonyl (C=O) groups is 1. The summed E-state index contributed by atoms with van der Waals surface area (Å²) in [6.45, 7) is 0.786. The van der Waals surface area contributed by atoms with E-state index in [1.165, 1.54) is 4.31 Å². The molecule has 1 fully saturated rings. The lowest BCUT2D eigenvalue weighted by Crippen LogP contribution is -2.44. The Balaban J connectivity index is 1.37. The number of amides is 1. The molecule has 1 aliphatic carbocycles. The molecule has 7 heteroatoms. The third-order valence-electron chi connectivity index (χ3n) is 6.49. The van der Waals surface area contributed by atoms with Gasteiger partial charge in [-0.15, -0.1) is 0 Å². The average Bonchev–Trinajstić information content (AvgIpc) is 3.65. The van der Waals surface area contributed by atoms with E-state index >= 15 is 0 Å². The van der Waals surface area contributed by atoms with Gasteiger partial charge in [-0.3, -0.25) is 4.79 Å². The van der Waals surface area contributed by atoms with Crippen molar-refractivity contribution < 1.29 is 13.2 Å². The topological polar surface area (TPSA) is 73.5 Å². The van der Waals surface area contributed by atoms with Crippen LogP contribution in [0.1, 0.15) is 24.0 Å². The Kier molecular flexibility index (Phi) is 6.70. The second-order valence-corrected chi connectivity index (χ2v) is 10.9. The van der Waals surface area contributed by atoms with Crippen LogP contribution in [0.15, 0.2) is 96.0 Å². The fraction of sp³-hybridized carbons (Fsp3) is 0.250. The van der Waals surface area contributed by atoms with Crippen molar-refractivity contribution in [2.45, 2.75) is 36.7 Å². The molecular formula is C28H29N3O3S. The number of aromatic amines is 1. The fourth-order valence-electron chi connectivity index (χ4n) is 4.42. The molecule has 0 saturated heterocycles. The number of hydrogen-bond donors (Lipinski definition) is 1. The summed E-state index contributed by atoms with van der Waals surface area (Å²) in [6.07, 6.45) is 4.24. The van der Waals surface area contributed by atoms with Crippen molar-refractivity contribution in [3.8, 4) is 0 Å². The fourth-order valence-corrected chi connectivity index (χ4v) is 6.08. The van der Waals surface area contributed by atoms with Crippen molar-refractivity contribution in [1.82, 2.24) is 14.2 Å². The van der Waals surface area contributed by atoms with E-state index in [0.717, 1.165) is 34.9 Å². The normalized spacial score (nSPS) is 13.9. The van der Waals surface area contributed by atoms with Crippen LogP contribution in [-0.4, -0.2) is 47.6 Å². The minimum absolute atomic E-state index is 0.114. The van der Waals surface area contributed by atoms with Gasteiger partial charge in [0.15, 0.2) is 0 Å². The molecule has 1 amide bonds. The summed E-state index contributed by atoms with van der Waals surface area (Å²) in [4.78, 5) is 18.9. The van der Waals surface area contributed by atoms with Gasteiger partial charge in [-0.25, -0.2) is 8.42 Å². The summed E-state index contributed by atoms with van der Waals surface area (Å²) in [5.41, 5.74) is 3.23. The monoisotopic (exact) mass is 487 g/mol. The molecule has 1 heterocycles. The summed E-state index contributed by atoms with van der Waals surface area (Å²) in [7, 11) is -3.75. The Morgan fingerprint density at radius 2 is 1.54 bits per heavy atom. The lowest BCUT2D eigenvalue weighted by molar-refractivity contribution is -0.132. The van der Waals surface area contributed by atoms with E-state index in [2.05, 4.69) is 11.1 Å². The predicted octanol–water partition coefficient (Wildman–Crippen LogP) is 4.59. The molecule has 0 atom stereocenters. The van der Waals surface area contributed by atoms with Crippen LogP contribution in [0.25, 0.3) is 10.9 Å².